The van der Waals surface area contributed by atoms with E-state index in [2.05, 4.69) is 22.4 Å². The number of carbonyl (C=O) groups excluding carboxylic acids is 1. The Balaban J connectivity index is 1.56. The van der Waals surface area contributed by atoms with Crippen molar-refractivity contribution in [2.45, 2.75) is 12.8 Å². The van der Waals surface area contributed by atoms with E-state index in [4.69, 9.17) is 4.74 Å². The molecular weight excluding hydrogens is 320 g/mol. The average Bonchev–Trinajstić information content (AvgIpc) is 3.03. The van der Waals surface area contributed by atoms with E-state index in [0.717, 1.165) is 22.6 Å². The van der Waals surface area contributed by atoms with E-state index >= 15 is 0 Å². The molecule has 0 atom stereocenters. The summed E-state index contributed by atoms with van der Waals surface area (Å²) in [6.45, 7) is 0. The molecule has 0 unspecified atom stereocenters. The molecular formula is C19H18N2O2S. The quantitative estimate of drug-likeness (QED) is 0.741. The normalized spacial score (nSPS) is 10.4. The minimum atomic E-state index is -0.0687. The Labute approximate surface area is 145 Å². The van der Waals surface area contributed by atoms with Crippen molar-refractivity contribution in [2.75, 3.05) is 12.4 Å². The highest BCUT2D eigenvalue weighted by Crippen LogP contribution is 2.21. The molecule has 0 aliphatic rings. The third kappa shape index (κ3) is 4.43. The molecule has 0 aliphatic carbocycles. The molecule has 0 saturated heterocycles. The zero-order chi connectivity index (χ0) is 16.8. The molecule has 2 aromatic carbocycles. The summed E-state index contributed by atoms with van der Waals surface area (Å²) in [6.07, 6.45) is 2.96. The number of nitrogens with one attached hydrogen (secondary N) is 1. The highest BCUT2D eigenvalue weighted by atomic mass is 32.1. The fourth-order valence-corrected chi connectivity index (χ4v) is 3.20. The largest absolute Gasteiger partial charge is 0.497 e. The maximum atomic E-state index is 12.1. The van der Waals surface area contributed by atoms with Crippen molar-refractivity contribution in [1.82, 2.24) is 4.98 Å². The highest BCUT2D eigenvalue weighted by molar-refractivity contribution is 7.15. The summed E-state index contributed by atoms with van der Waals surface area (Å²) in [7, 11) is 1.62. The number of benzene rings is 2. The lowest BCUT2D eigenvalue weighted by Crippen LogP contribution is -2.14. The smallest absolute Gasteiger partial charge is 0.230 e. The number of ether oxygens (including phenoxy) is 1. The molecule has 3 aromatic rings. The molecule has 122 valence electrons. The number of hydrogen-bond acceptors (Lipinski definition) is 4. The maximum absolute atomic E-state index is 12.1. The zero-order valence-corrected chi connectivity index (χ0v) is 14.2. The molecule has 0 fully saturated rings. The predicted octanol–water partition coefficient (Wildman–Crippen LogP) is 3.92. The lowest BCUT2D eigenvalue weighted by atomic mass is 10.1. The molecule has 0 radical (unpaired) electrons. The van der Waals surface area contributed by atoms with E-state index in [9.17, 15) is 4.79 Å². The topological polar surface area (TPSA) is 51.2 Å². The first-order chi connectivity index (χ1) is 11.7. The van der Waals surface area contributed by atoms with E-state index in [0.29, 0.717) is 11.6 Å². The fraction of sp³-hybridized carbons (Fsp3) is 0.158. The van der Waals surface area contributed by atoms with Gasteiger partial charge in [-0.1, -0.05) is 42.5 Å². The second kappa shape index (κ2) is 7.75. The van der Waals surface area contributed by atoms with Gasteiger partial charge in [-0.3, -0.25) is 4.79 Å². The number of anilines is 1. The Bertz CT molecular complexity index is 798. The monoisotopic (exact) mass is 338 g/mol. The van der Waals surface area contributed by atoms with Crippen LogP contribution in [0.3, 0.4) is 0 Å². The summed E-state index contributed by atoms with van der Waals surface area (Å²) in [5, 5.41) is 3.50. The number of methoxy groups -OCH3 is 1. The van der Waals surface area contributed by atoms with Gasteiger partial charge in [-0.25, -0.2) is 4.98 Å². The third-order valence-corrected chi connectivity index (χ3v) is 4.46. The number of nitrogens with zero attached hydrogens (tertiary/aromatic N) is 1. The van der Waals surface area contributed by atoms with Gasteiger partial charge in [0.1, 0.15) is 5.75 Å². The maximum Gasteiger partial charge on any atom is 0.230 e. The Morgan fingerprint density at radius 1 is 1.08 bits per heavy atom. The lowest BCUT2D eigenvalue weighted by Gasteiger charge is -2.03. The van der Waals surface area contributed by atoms with Gasteiger partial charge >= 0.3 is 0 Å². The Morgan fingerprint density at radius 3 is 2.54 bits per heavy atom. The molecule has 0 saturated carbocycles. The summed E-state index contributed by atoms with van der Waals surface area (Å²) in [5.41, 5.74) is 2.17. The van der Waals surface area contributed by atoms with E-state index in [-0.39, 0.29) is 5.91 Å². The van der Waals surface area contributed by atoms with Gasteiger partial charge in [-0.2, -0.15) is 0 Å². The second-order valence-electron chi connectivity index (χ2n) is 5.37. The van der Waals surface area contributed by atoms with Crippen LogP contribution in [0.4, 0.5) is 5.13 Å². The van der Waals surface area contributed by atoms with Crippen LogP contribution in [0.15, 0.2) is 60.8 Å². The molecule has 5 heteroatoms. The van der Waals surface area contributed by atoms with Crippen LogP contribution in [-0.2, 0) is 17.6 Å². The number of carbonyl (C=O) groups is 1. The fourth-order valence-electron chi connectivity index (χ4n) is 2.34. The molecule has 0 bridgehead atoms. The molecule has 0 spiro atoms. The summed E-state index contributed by atoms with van der Waals surface area (Å²) < 4.78 is 5.11. The number of thiazole rings is 1. The summed E-state index contributed by atoms with van der Waals surface area (Å²) >= 11 is 1.51. The van der Waals surface area contributed by atoms with Gasteiger partial charge in [0, 0.05) is 17.5 Å². The van der Waals surface area contributed by atoms with Gasteiger partial charge in [0.05, 0.1) is 13.5 Å². The lowest BCUT2D eigenvalue weighted by molar-refractivity contribution is -0.115. The number of hydrogen-bond donors (Lipinski definition) is 1. The summed E-state index contributed by atoms with van der Waals surface area (Å²) in [6, 6.07) is 17.7. The molecule has 24 heavy (non-hydrogen) atoms. The van der Waals surface area contributed by atoms with Crippen LogP contribution in [0.1, 0.15) is 16.0 Å². The van der Waals surface area contributed by atoms with E-state index in [1.807, 2.05) is 48.7 Å². The van der Waals surface area contributed by atoms with Gasteiger partial charge in [0.25, 0.3) is 0 Å². The third-order valence-electron chi connectivity index (χ3n) is 3.54. The average molecular weight is 338 g/mol. The summed E-state index contributed by atoms with van der Waals surface area (Å²) in [4.78, 5) is 17.5. The minimum Gasteiger partial charge on any atom is -0.497 e. The van der Waals surface area contributed by atoms with Gasteiger partial charge in [0.2, 0.25) is 5.91 Å². The molecule has 1 heterocycles. The Kier molecular flexibility index (Phi) is 5.23. The standard InChI is InChI=1S/C19H18N2O2S/c1-23-16-9-7-15(8-10-16)12-18(22)21-19-20-13-17(24-19)11-14-5-3-2-4-6-14/h2-10,13H,11-12H2,1H3,(H,20,21,22). The van der Waals surface area contributed by atoms with Crippen molar-refractivity contribution in [1.29, 1.82) is 0 Å². The molecule has 4 nitrogen and oxygen atoms in total. The van der Waals surface area contributed by atoms with Gasteiger partial charge in [0.15, 0.2) is 5.13 Å². The molecule has 1 aromatic heterocycles. The molecule has 0 aliphatic heterocycles. The van der Waals surface area contributed by atoms with Crippen LogP contribution >= 0.6 is 11.3 Å². The van der Waals surface area contributed by atoms with Crippen LogP contribution in [-0.4, -0.2) is 18.0 Å². The highest BCUT2D eigenvalue weighted by Gasteiger charge is 2.08. The van der Waals surface area contributed by atoms with Crippen LogP contribution < -0.4 is 10.1 Å². The van der Waals surface area contributed by atoms with Crippen LogP contribution in [0.25, 0.3) is 0 Å². The minimum absolute atomic E-state index is 0.0687. The number of rotatable bonds is 6. The van der Waals surface area contributed by atoms with Crippen LogP contribution in [0.5, 0.6) is 5.75 Å². The Hall–Kier alpha value is -2.66. The van der Waals surface area contributed by atoms with E-state index in [1.54, 1.807) is 7.11 Å². The molecule has 1 amide bonds. The van der Waals surface area contributed by atoms with Gasteiger partial charge in [-0.15, -0.1) is 11.3 Å². The molecule has 1 N–H and O–H groups in total. The van der Waals surface area contributed by atoms with Crippen molar-refractivity contribution in [3.8, 4) is 5.75 Å². The SMILES string of the molecule is COc1ccc(CC(=O)Nc2ncc(Cc3ccccc3)s2)cc1. The van der Waals surface area contributed by atoms with E-state index in [1.165, 1.54) is 16.9 Å². The number of aromatic nitrogens is 1. The van der Waals surface area contributed by atoms with Crippen molar-refractivity contribution >= 4 is 22.4 Å². The van der Waals surface area contributed by atoms with Crippen molar-refractivity contribution < 1.29 is 9.53 Å². The predicted molar refractivity (Wildman–Crippen MR) is 96.7 cm³/mol. The van der Waals surface area contributed by atoms with Crippen molar-refractivity contribution in [2.24, 2.45) is 0 Å². The van der Waals surface area contributed by atoms with E-state index < -0.39 is 0 Å². The van der Waals surface area contributed by atoms with Crippen molar-refractivity contribution in [3.05, 3.63) is 76.8 Å². The first-order valence-corrected chi connectivity index (χ1v) is 8.46. The molecule has 3 rings (SSSR count). The summed E-state index contributed by atoms with van der Waals surface area (Å²) in [5.74, 6) is 0.713. The Morgan fingerprint density at radius 2 is 1.83 bits per heavy atom. The van der Waals surface area contributed by atoms with Crippen molar-refractivity contribution in [3.63, 3.8) is 0 Å². The first kappa shape index (κ1) is 16.2. The van der Waals surface area contributed by atoms with Crippen LogP contribution in [0, 0.1) is 0 Å². The number of amides is 1. The van der Waals surface area contributed by atoms with Crippen LogP contribution in [0.2, 0.25) is 0 Å². The second-order valence-corrected chi connectivity index (χ2v) is 6.48. The van der Waals surface area contributed by atoms with Gasteiger partial charge in [-0.05, 0) is 23.3 Å². The zero-order valence-electron chi connectivity index (χ0n) is 13.4. The first-order valence-electron chi connectivity index (χ1n) is 7.64. The van der Waals surface area contributed by atoms with Gasteiger partial charge < -0.3 is 10.1 Å².